The van der Waals surface area contributed by atoms with E-state index < -0.39 is 29.9 Å². The third-order valence-corrected chi connectivity index (χ3v) is 1.85. The minimum Gasteiger partial charge on any atom is -0.491 e. The zero-order valence-electron chi connectivity index (χ0n) is 8.81. The van der Waals surface area contributed by atoms with Crippen molar-refractivity contribution in [2.45, 2.75) is 19.7 Å². The number of hydrogen-bond acceptors (Lipinski definition) is 3. The van der Waals surface area contributed by atoms with E-state index in [4.69, 9.17) is 0 Å². The topological polar surface area (TPSA) is 31.4 Å². The second kappa shape index (κ2) is 4.72. The second-order valence-corrected chi connectivity index (χ2v) is 3.01. The molecule has 1 aromatic heterocycles. The molecule has 0 aliphatic heterocycles. The first-order valence-corrected chi connectivity index (χ1v) is 4.33. The number of nitrogens with zero attached hydrogens (tertiary/aromatic N) is 1. The average molecular weight is 257 g/mol. The zero-order valence-corrected chi connectivity index (χ0v) is 8.81. The smallest absolute Gasteiger partial charge is 0.491 e. The maximum Gasteiger partial charge on any atom is 0.573 e. The summed E-state index contributed by atoms with van der Waals surface area (Å²) >= 11 is 0. The lowest BCUT2D eigenvalue weighted by atomic mass is 10.2. The molecule has 0 amide bonds. The van der Waals surface area contributed by atoms with Crippen LogP contribution >= 0.6 is 0 Å². The lowest BCUT2D eigenvalue weighted by molar-refractivity contribution is -0.275. The molecule has 0 saturated carbocycles. The summed E-state index contributed by atoms with van der Waals surface area (Å²) in [5.41, 5.74) is -0.944. The van der Waals surface area contributed by atoms with Gasteiger partial charge in [0.1, 0.15) is 0 Å². The molecule has 0 saturated heterocycles. The van der Waals surface area contributed by atoms with Crippen LogP contribution in [0.1, 0.15) is 17.7 Å². The molecule has 0 spiro atoms. The van der Waals surface area contributed by atoms with E-state index in [9.17, 15) is 22.0 Å². The zero-order chi connectivity index (χ0) is 13.2. The molecule has 0 unspecified atom stereocenters. The summed E-state index contributed by atoms with van der Waals surface area (Å²) < 4.78 is 69.4. The van der Waals surface area contributed by atoms with Crippen molar-refractivity contribution >= 4 is 0 Å². The predicted octanol–water partition coefficient (Wildman–Crippen LogP) is 3.23. The number of aryl methyl sites for hydroxylation is 1. The van der Waals surface area contributed by atoms with Crippen LogP contribution in [0.15, 0.2) is 6.20 Å². The first kappa shape index (κ1) is 13.5. The molecule has 8 heteroatoms. The van der Waals surface area contributed by atoms with Gasteiger partial charge in [0.15, 0.2) is 11.5 Å². The molecule has 0 aromatic carbocycles. The molecule has 0 radical (unpaired) electrons. The molecule has 3 nitrogen and oxygen atoms in total. The molecule has 0 bridgehead atoms. The number of halogens is 5. The molecule has 1 rings (SSSR count). The molecule has 0 aliphatic carbocycles. The summed E-state index contributed by atoms with van der Waals surface area (Å²) in [5.74, 6) is -1.51. The van der Waals surface area contributed by atoms with E-state index in [2.05, 4.69) is 14.5 Å². The largest absolute Gasteiger partial charge is 0.573 e. The van der Waals surface area contributed by atoms with Crippen molar-refractivity contribution in [2.24, 2.45) is 0 Å². The molecule has 1 heterocycles. The first-order valence-electron chi connectivity index (χ1n) is 4.33. The summed E-state index contributed by atoms with van der Waals surface area (Å²) in [6, 6.07) is 0. The molecule has 0 aliphatic rings. The maximum absolute atomic E-state index is 12.5. The van der Waals surface area contributed by atoms with E-state index in [-0.39, 0.29) is 5.69 Å². The van der Waals surface area contributed by atoms with E-state index in [0.29, 0.717) is 6.20 Å². The van der Waals surface area contributed by atoms with Crippen molar-refractivity contribution in [3.05, 3.63) is 17.5 Å². The van der Waals surface area contributed by atoms with Crippen LogP contribution in [-0.2, 0) is 0 Å². The Labute approximate surface area is 93.2 Å². The Kier molecular flexibility index (Phi) is 3.74. The van der Waals surface area contributed by atoms with E-state index in [1.807, 2.05) is 0 Å². The van der Waals surface area contributed by atoms with Gasteiger partial charge in [0.05, 0.1) is 18.4 Å². The van der Waals surface area contributed by atoms with Crippen molar-refractivity contribution in [3.8, 4) is 11.5 Å². The molecule has 0 fully saturated rings. The minimum absolute atomic E-state index is 0.0242. The Bertz CT molecular complexity index is 405. The standard InChI is InChI=1S/C9H8F5NO2/c1-4-6(16-2)7(17-9(12,13)14)5(3-15-4)8(10)11/h3,8H,1-2H3. The highest BCUT2D eigenvalue weighted by molar-refractivity contribution is 5.48. The van der Waals surface area contributed by atoms with E-state index in [0.717, 1.165) is 7.11 Å². The Morgan fingerprint density at radius 1 is 1.24 bits per heavy atom. The molecule has 1 aromatic rings. The van der Waals surface area contributed by atoms with E-state index >= 15 is 0 Å². The van der Waals surface area contributed by atoms with Gasteiger partial charge in [0.25, 0.3) is 6.43 Å². The Morgan fingerprint density at radius 2 is 1.82 bits per heavy atom. The normalized spacial score (nSPS) is 11.8. The molecular weight excluding hydrogens is 249 g/mol. The van der Waals surface area contributed by atoms with Gasteiger partial charge < -0.3 is 9.47 Å². The summed E-state index contributed by atoms with van der Waals surface area (Å²) in [5, 5.41) is 0. The third kappa shape index (κ3) is 3.18. The molecule has 0 N–H and O–H groups in total. The van der Waals surface area contributed by atoms with Gasteiger partial charge in [0.2, 0.25) is 0 Å². The van der Waals surface area contributed by atoms with Crippen LogP contribution in [-0.4, -0.2) is 18.5 Å². The van der Waals surface area contributed by atoms with E-state index in [1.165, 1.54) is 6.92 Å². The SMILES string of the molecule is COc1c(C)ncc(C(F)F)c1OC(F)(F)F. The number of ether oxygens (including phenoxy) is 2. The Morgan fingerprint density at radius 3 is 2.24 bits per heavy atom. The summed E-state index contributed by atoms with van der Waals surface area (Å²) in [6.45, 7) is 1.32. The van der Waals surface area contributed by atoms with Crippen LogP contribution in [0.2, 0.25) is 0 Å². The Balaban J connectivity index is 3.34. The van der Waals surface area contributed by atoms with Gasteiger partial charge in [-0.1, -0.05) is 0 Å². The molecule has 17 heavy (non-hydrogen) atoms. The van der Waals surface area contributed by atoms with Gasteiger partial charge in [-0.3, -0.25) is 4.98 Å². The number of pyridine rings is 1. The number of methoxy groups -OCH3 is 1. The van der Waals surface area contributed by atoms with Crippen LogP contribution in [0.3, 0.4) is 0 Å². The lowest BCUT2D eigenvalue weighted by Gasteiger charge is -2.16. The minimum atomic E-state index is -5.08. The highest BCUT2D eigenvalue weighted by Crippen LogP contribution is 2.40. The number of alkyl halides is 5. The molecule has 0 atom stereocenters. The predicted molar refractivity (Wildman–Crippen MR) is 47.2 cm³/mol. The number of aromatic nitrogens is 1. The quantitative estimate of drug-likeness (QED) is 0.779. The monoisotopic (exact) mass is 257 g/mol. The van der Waals surface area contributed by atoms with Crippen LogP contribution < -0.4 is 9.47 Å². The highest BCUT2D eigenvalue weighted by Gasteiger charge is 2.35. The van der Waals surface area contributed by atoms with Gasteiger partial charge in [-0.25, -0.2) is 8.78 Å². The van der Waals surface area contributed by atoms with Gasteiger partial charge in [-0.15, -0.1) is 13.2 Å². The van der Waals surface area contributed by atoms with Gasteiger partial charge in [-0.2, -0.15) is 0 Å². The van der Waals surface area contributed by atoms with Crippen molar-refractivity contribution in [1.29, 1.82) is 0 Å². The van der Waals surface area contributed by atoms with Crippen molar-refractivity contribution in [1.82, 2.24) is 4.98 Å². The van der Waals surface area contributed by atoms with Gasteiger partial charge >= 0.3 is 6.36 Å². The summed E-state index contributed by atoms with van der Waals surface area (Å²) in [4.78, 5) is 3.51. The fourth-order valence-electron chi connectivity index (χ4n) is 1.20. The first-order chi connectivity index (χ1) is 7.76. The number of hydrogen-bond donors (Lipinski definition) is 0. The van der Waals surface area contributed by atoms with Crippen molar-refractivity contribution < 1.29 is 31.4 Å². The highest BCUT2D eigenvalue weighted by atomic mass is 19.4. The number of rotatable bonds is 3. The van der Waals surface area contributed by atoms with Gasteiger partial charge in [-0.05, 0) is 6.92 Å². The maximum atomic E-state index is 12.5. The van der Waals surface area contributed by atoms with Crippen LogP contribution in [0.4, 0.5) is 22.0 Å². The Hall–Kier alpha value is -1.60. The van der Waals surface area contributed by atoms with Crippen LogP contribution in [0.5, 0.6) is 11.5 Å². The summed E-state index contributed by atoms with van der Waals surface area (Å²) in [7, 11) is 1.04. The average Bonchev–Trinajstić information content (AvgIpc) is 2.15. The van der Waals surface area contributed by atoms with Crippen molar-refractivity contribution in [3.63, 3.8) is 0 Å². The fourth-order valence-corrected chi connectivity index (χ4v) is 1.20. The second-order valence-electron chi connectivity index (χ2n) is 3.01. The lowest BCUT2D eigenvalue weighted by Crippen LogP contribution is -2.19. The third-order valence-electron chi connectivity index (χ3n) is 1.85. The van der Waals surface area contributed by atoms with E-state index in [1.54, 1.807) is 0 Å². The van der Waals surface area contributed by atoms with Crippen LogP contribution in [0, 0.1) is 6.92 Å². The fraction of sp³-hybridized carbons (Fsp3) is 0.444. The van der Waals surface area contributed by atoms with Crippen molar-refractivity contribution in [2.75, 3.05) is 7.11 Å². The molecular formula is C9H8F5NO2. The van der Waals surface area contributed by atoms with Gasteiger partial charge in [0, 0.05) is 6.20 Å². The summed E-state index contributed by atoms with van der Waals surface area (Å²) in [6.07, 6.45) is -7.59. The molecule has 96 valence electrons. The van der Waals surface area contributed by atoms with Crippen LogP contribution in [0.25, 0.3) is 0 Å².